The molecule has 2 rings (SSSR count). The third-order valence-electron chi connectivity index (χ3n) is 2.46. The maximum Gasteiger partial charge on any atom is 0.148 e. The maximum atomic E-state index is 13.3. The molecule has 1 aromatic carbocycles. The van der Waals surface area contributed by atoms with Crippen molar-refractivity contribution in [2.75, 3.05) is 17.7 Å². The Bertz CT molecular complexity index is 527. The quantitative estimate of drug-likeness (QED) is 0.861. The molecule has 1 aromatic heterocycles. The van der Waals surface area contributed by atoms with E-state index in [1.165, 1.54) is 17.4 Å². The van der Waals surface area contributed by atoms with Crippen LogP contribution < -0.4 is 10.6 Å². The van der Waals surface area contributed by atoms with Gasteiger partial charge in [0.2, 0.25) is 0 Å². The fraction of sp³-hybridized carbons (Fsp3) is 0.167. The molecule has 1 heterocycles. The summed E-state index contributed by atoms with van der Waals surface area (Å²) >= 11 is 7.37. The molecule has 0 spiro atoms. The summed E-state index contributed by atoms with van der Waals surface area (Å²) in [6, 6.07) is 8.62. The number of anilines is 2. The second-order valence-electron chi connectivity index (χ2n) is 3.73. The Balaban J connectivity index is 2.20. The Morgan fingerprint density at radius 3 is 2.76 bits per heavy atom. The topological polar surface area (TPSA) is 29.3 Å². The molecule has 2 aromatic rings. The summed E-state index contributed by atoms with van der Waals surface area (Å²) in [6.07, 6.45) is 0. The third-order valence-corrected chi connectivity index (χ3v) is 3.68. The summed E-state index contributed by atoms with van der Waals surface area (Å²) < 4.78 is 14.1. The number of halogens is 2. The molecule has 0 saturated carbocycles. The van der Waals surface area contributed by atoms with E-state index in [-0.39, 0.29) is 5.69 Å². The van der Waals surface area contributed by atoms with E-state index in [0.717, 1.165) is 9.21 Å². The van der Waals surface area contributed by atoms with Crippen LogP contribution in [0.5, 0.6) is 0 Å². The molecular formula is C12H12ClFN2S. The van der Waals surface area contributed by atoms with E-state index in [9.17, 15) is 4.39 Å². The first-order chi connectivity index (χ1) is 8.08. The number of para-hydroxylation sites is 1. The van der Waals surface area contributed by atoms with Crippen molar-refractivity contribution in [3.05, 3.63) is 45.4 Å². The number of nitrogens with zero attached hydrogens (tertiary/aromatic N) is 1. The molecule has 0 aliphatic heterocycles. The Labute approximate surface area is 108 Å². The number of rotatable bonds is 3. The maximum absolute atomic E-state index is 13.3. The summed E-state index contributed by atoms with van der Waals surface area (Å²) in [5.41, 5.74) is 6.57. The average molecular weight is 271 g/mol. The summed E-state index contributed by atoms with van der Waals surface area (Å²) in [6.45, 7) is 0.658. The lowest BCUT2D eigenvalue weighted by atomic mass is 10.2. The Kier molecular flexibility index (Phi) is 3.54. The first kappa shape index (κ1) is 12.2. The lowest BCUT2D eigenvalue weighted by Crippen LogP contribution is -2.17. The number of hydrogen-bond acceptors (Lipinski definition) is 3. The van der Waals surface area contributed by atoms with Crippen LogP contribution in [0.2, 0.25) is 4.34 Å². The van der Waals surface area contributed by atoms with E-state index in [1.54, 1.807) is 12.1 Å². The van der Waals surface area contributed by atoms with Gasteiger partial charge in [-0.2, -0.15) is 0 Å². The van der Waals surface area contributed by atoms with Crippen molar-refractivity contribution in [2.45, 2.75) is 6.54 Å². The van der Waals surface area contributed by atoms with Crippen LogP contribution in [0, 0.1) is 5.82 Å². The van der Waals surface area contributed by atoms with Crippen LogP contribution in [0.1, 0.15) is 4.88 Å². The second-order valence-corrected chi connectivity index (χ2v) is 5.53. The van der Waals surface area contributed by atoms with Gasteiger partial charge in [-0.25, -0.2) is 4.39 Å². The highest BCUT2D eigenvalue weighted by molar-refractivity contribution is 7.16. The fourth-order valence-electron chi connectivity index (χ4n) is 1.61. The summed E-state index contributed by atoms with van der Waals surface area (Å²) in [7, 11) is 1.87. The number of nitrogens with two attached hydrogens (primary N) is 1. The van der Waals surface area contributed by atoms with Gasteiger partial charge < -0.3 is 10.6 Å². The minimum absolute atomic E-state index is 0.178. The zero-order chi connectivity index (χ0) is 12.4. The zero-order valence-corrected chi connectivity index (χ0v) is 10.9. The number of nitrogen functional groups attached to an aromatic ring is 1. The molecule has 0 saturated heterocycles. The molecule has 0 atom stereocenters. The van der Waals surface area contributed by atoms with Gasteiger partial charge in [-0.1, -0.05) is 17.7 Å². The molecule has 0 bridgehead atoms. The summed E-state index contributed by atoms with van der Waals surface area (Å²) in [5, 5.41) is 0. The average Bonchev–Trinajstić information content (AvgIpc) is 2.68. The van der Waals surface area contributed by atoms with Crippen molar-refractivity contribution in [3.63, 3.8) is 0 Å². The molecule has 0 aliphatic carbocycles. The smallest absolute Gasteiger partial charge is 0.148 e. The summed E-state index contributed by atoms with van der Waals surface area (Å²) in [5.74, 6) is -0.390. The van der Waals surface area contributed by atoms with Crippen molar-refractivity contribution < 1.29 is 4.39 Å². The molecule has 5 heteroatoms. The third kappa shape index (κ3) is 2.70. The van der Waals surface area contributed by atoms with Crippen LogP contribution in [0.3, 0.4) is 0 Å². The van der Waals surface area contributed by atoms with E-state index >= 15 is 0 Å². The Hall–Kier alpha value is -1.26. The minimum Gasteiger partial charge on any atom is -0.395 e. The monoisotopic (exact) mass is 270 g/mol. The van der Waals surface area contributed by atoms with E-state index in [1.807, 2.05) is 24.1 Å². The van der Waals surface area contributed by atoms with Gasteiger partial charge in [0.1, 0.15) is 5.82 Å². The molecule has 0 aliphatic rings. The molecule has 17 heavy (non-hydrogen) atoms. The minimum atomic E-state index is -0.390. The van der Waals surface area contributed by atoms with Gasteiger partial charge in [0.05, 0.1) is 22.3 Å². The van der Waals surface area contributed by atoms with Crippen LogP contribution >= 0.6 is 22.9 Å². The fourth-order valence-corrected chi connectivity index (χ4v) is 2.76. The van der Waals surface area contributed by atoms with Crippen molar-refractivity contribution >= 4 is 34.3 Å². The molecule has 90 valence electrons. The van der Waals surface area contributed by atoms with Gasteiger partial charge in [-0.15, -0.1) is 11.3 Å². The van der Waals surface area contributed by atoms with Crippen LogP contribution in [0.4, 0.5) is 15.8 Å². The Morgan fingerprint density at radius 1 is 1.35 bits per heavy atom. The second kappa shape index (κ2) is 4.94. The van der Waals surface area contributed by atoms with Gasteiger partial charge >= 0.3 is 0 Å². The van der Waals surface area contributed by atoms with Crippen LogP contribution in [0.15, 0.2) is 30.3 Å². The Morgan fingerprint density at radius 2 is 2.12 bits per heavy atom. The molecule has 0 radical (unpaired) electrons. The molecule has 2 N–H and O–H groups in total. The van der Waals surface area contributed by atoms with E-state index in [2.05, 4.69) is 0 Å². The van der Waals surface area contributed by atoms with Gasteiger partial charge in [-0.05, 0) is 24.3 Å². The highest BCUT2D eigenvalue weighted by Gasteiger charge is 2.10. The lowest BCUT2D eigenvalue weighted by Gasteiger charge is -2.20. The highest BCUT2D eigenvalue weighted by Crippen LogP contribution is 2.28. The van der Waals surface area contributed by atoms with Gasteiger partial charge in [0.15, 0.2) is 0 Å². The number of thiophene rings is 1. The number of benzene rings is 1. The van der Waals surface area contributed by atoms with Crippen molar-refractivity contribution in [1.82, 2.24) is 0 Å². The predicted molar refractivity (Wildman–Crippen MR) is 72.2 cm³/mol. The van der Waals surface area contributed by atoms with Gasteiger partial charge in [0.25, 0.3) is 0 Å². The molecule has 0 unspecified atom stereocenters. The largest absolute Gasteiger partial charge is 0.395 e. The molecule has 2 nitrogen and oxygen atoms in total. The van der Waals surface area contributed by atoms with Crippen molar-refractivity contribution in [2.24, 2.45) is 0 Å². The van der Waals surface area contributed by atoms with Crippen LogP contribution in [-0.4, -0.2) is 7.05 Å². The first-order valence-electron chi connectivity index (χ1n) is 5.07. The van der Waals surface area contributed by atoms with E-state index in [0.29, 0.717) is 12.2 Å². The SMILES string of the molecule is CN(Cc1ccc(Cl)s1)c1cccc(F)c1N. The van der Waals surface area contributed by atoms with Gasteiger partial charge in [0, 0.05) is 11.9 Å². The predicted octanol–water partition coefficient (Wildman–Crippen LogP) is 3.76. The van der Waals surface area contributed by atoms with Gasteiger partial charge in [-0.3, -0.25) is 0 Å². The van der Waals surface area contributed by atoms with E-state index in [4.69, 9.17) is 17.3 Å². The standard InChI is InChI=1S/C12H12ClFN2S/c1-16(7-8-5-6-11(13)17-8)10-4-2-3-9(14)12(10)15/h2-6H,7,15H2,1H3. The van der Waals surface area contributed by atoms with E-state index < -0.39 is 5.82 Å². The van der Waals surface area contributed by atoms with Crippen molar-refractivity contribution in [1.29, 1.82) is 0 Å². The normalized spacial score (nSPS) is 10.5. The van der Waals surface area contributed by atoms with Crippen LogP contribution in [0.25, 0.3) is 0 Å². The molecule has 0 fully saturated rings. The molecule has 0 amide bonds. The zero-order valence-electron chi connectivity index (χ0n) is 9.28. The lowest BCUT2D eigenvalue weighted by molar-refractivity contribution is 0.632. The highest BCUT2D eigenvalue weighted by atomic mass is 35.5. The first-order valence-corrected chi connectivity index (χ1v) is 6.26. The van der Waals surface area contributed by atoms with Crippen LogP contribution in [-0.2, 0) is 6.54 Å². The van der Waals surface area contributed by atoms with Crippen molar-refractivity contribution in [3.8, 4) is 0 Å². The summed E-state index contributed by atoms with van der Waals surface area (Å²) in [4.78, 5) is 3.02. The molecular weight excluding hydrogens is 259 g/mol. The number of hydrogen-bond donors (Lipinski definition) is 1.